The maximum Gasteiger partial charge on any atom is 0.387 e. The number of hydrogen-bond donors (Lipinski definition) is 1. The number of ether oxygens (including phenoxy) is 2. The summed E-state index contributed by atoms with van der Waals surface area (Å²) in [5, 5.41) is 2.98. The van der Waals surface area contributed by atoms with Crippen molar-refractivity contribution in [2.45, 2.75) is 31.3 Å². The van der Waals surface area contributed by atoms with E-state index in [1.807, 2.05) is 0 Å². The van der Waals surface area contributed by atoms with E-state index < -0.39 is 30.5 Å². The molecule has 1 N–H and O–H groups in total. The molecule has 0 spiro atoms. The van der Waals surface area contributed by atoms with E-state index in [0.29, 0.717) is 17.9 Å². The van der Waals surface area contributed by atoms with Crippen LogP contribution in [-0.2, 0) is 19.7 Å². The average molecular weight is 410 g/mol. The number of carbonyl (C=O) groups is 2. The SMILES string of the molecule is O=C(COC(=O)C1(c2ccc(Cl)cc2)CCC1)Nc1ccccc1OC(F)F. The van der Waals surface area contributed by atoms with Crippen LogP contribution in [0.5, 0.6) is 5.75 Å². The van der Waals surface area contributed by atoms with Crippen molar-refractivity contribution in [2.24, 2.45) is 0 Å². The zero-order valence-electron chi connectivity index (χ0n) is 14.8. The summed E-state index contributed by atoms with van der Waals surface area (Å²) in [5.41, 5.74) is 0.0887. The topological polar surface area (TPSA) is 64.6 Å². The molecule has 1 saturated carbocycles. The summed E-state index contributed by atoms with van der Waals surface area (Å²) in [6.45, 7) is -3.55. The normalized spacial score (nSPS) is 14.9. The second-order valence-corrected chi connectivity index (χ2v) is 6.88. The monoisotopic (exact) mass is 409 g/mol. The van der Waals surface area contributed by atoms with Crippen molar-refractivity contribution in [3.8, 4) is 5.75 Å². The van der Waals surface area contributed by atoms with Gasteiger partial charge in [0.1, 0.15) is 5.75 Å². The fourth-order valence-electron chi connectivity index (χ4n) is 3.13. The molecule has 0 atom stereocenters. The van der Waals surface area contributed by atoms with Gasteiger partial charge in [-0.3, -0.25) is 9.59 Å². The lowest BCUT2D eigenvalue weighted by Crippen LogP contribution is -2.44. The van der Waals surface area contributed by atoms with E-state index in [9.17, 15) is 18.4 Å². The van der Waals surface area contributed by atoms with Gasteiger partial charge in [-0.15, -0.1) is 0 Å². The molecule has 1 aliphatic rings. The Bertz CT molecular complexity index is 854. The van der Waals surface area contributed by atoms with Crippen LogP contribution in [0.25, 0.3) is 0 Å². The number of esters is 1. The van der Waals surface area contributed by atoms with Crippen LogP contribution >= 0.6 is 11.6 Å². The Hall–Kier alpha value is -2.67. The van der Waals surface area contributed by atoms with E-state index in [4.69, 9.17) is 16.3 Å². The molecule has 2 aromatic carbocycles. The molecule has 5 nitrogen and oxygen atoms in total. The summed E-state index contributed by atoms with van der Waals surface area (Å²) in [7, 11) is 0. The molecule has 0 aliphatic heterocycles. The zero-order chi connectivity index (χ0) is 20.1. The van der Waals surface area contributed by atoms with Crippen LogP contribution in [0, 0.1) is 0 Å². The molecule has 0 saturated heterocycles. The molecule has 0 unspecified atom stereocenters. The molecule has 1 aliphatic carbocycles. The van der Waals surface area contributed by atoms with Crippen molar-refractivity contribution in [2.75, 3.05) is 11.9 Å². The average Bonchev–Trinajstić information content (AvgIpc) is 2.62. The molecule has 0 heterocycles. The summed E-state index contributed by atoms with van der Waals surface area (Å²) in [6.07, 6.45) is 2.13. The number of para-hydroxylation sites is 2. The van der Waals surface area contributed by atoms with E-state index in [1.165, 1.54) is 18.2 Å². The van der Waals surface area contributed by atoms with E-state index >= 15 is 0 Å². The van der Waals surface area contributed by atoms with Crippen LogP contribution < -0.4 is 10.1 Å². The summed E-state index contributed by atoms with van der Waals surface area (Å²) in [6, 6.07) is 12.7. The van der Waals surface area contributed by atoms with Crippen LogP contribution in [0.1, 0.15) is 24.8 Å². The summed E-state index contributed by atoms with van der Waals surface area (Å²) in [4.78, 5) is 24.8. The highest BCUT2D eigenvalue weighted by Crippen LogP contribution is 2.45. The lowest BCUT2D eigenvalue weighted by molar-refractivity contribution is -0.156. The van der Waals surface area contributed by atoms with Gasteiger partial charge in [0.15, 0.2) is 6.61 Å². The van der Waals surface area contributed by atoms with Crippen LogP contribution in [0.4, 0.5) is 14.5 Å². The molecule has 2 aromatic rings. The Morgan fingerprint density at radius 1 is 1.11 bits per heavy atom. The lowest BCUT2D eigenvalue weighted by Gasteiger charge is -2.39. The minimum absolute atomic E-state index is 0.0694. The number of alkyl halides is 2. The van der Waals surface area contributed by atoms with Gasteiger partial charge in [-0.25, -0.2) is 0 Å². The highest BCUT2D eigenvalue weighted by molar-refractivity contribution is 6.30. The quantitative estimate of drug-likeness (QED) is 0.681. The molecule has 148 valence electrons. The van der Waals surface area contributed by atoms with E-state index in [0.717, 1.165) is 12.0 Å². The summed E-state index contributed by atoms with van der Waals surface area (Å²) >= 11 is 5.90. The Labute approximate surface area is 165 Å². The Morgan fingerprint density at radius 2 is 1.79 bits per heavy atom. The minimum Gasteiger partial charge on any atom is -0.455 e. The molecule has 0 bridgehead atoms. The molecular formula is C20H18ClF2NO4. The highest BCUT2D eigenvalue weighted by atomic mass is 35.5. The van der Waals surface area contributed by atoms with Gasteiger partial charge >= 0.3 is 12.6 Å². The number of halogens is 3. The first-order valence-corrected chi connectivity index (χ1v) is 9.05. The van der Waals surface area contributed by atoms with E-state index in [1.54, 1.807) is 30.3 Å². The first kappa shape index (κ1) is 20.1. The Morgan fingerprint density at radius 3 is 2.39 bits per heavy atom. The van der Waals surface area contributed by atoms with Gasteiger partial charge in [-0.2, -0.15) is 8.78 Å². The predicted molar refractivity (Wildman–Crippen MR) is 99.6 cm³/mol. The number of carbonyl (C=O) groups excluding carboxylic acids is 2. The van der Waals surface area contributed by atoms with Crippen molar-refractivity contribution in [3.63, 3.8) is 0 Å². The first-order valence-electron chi connectivity index (χ1n) is 8.68. The van der Waals surface area contributed by atoms with Crippen molar-refractivity contribution in [1.29, 1.82) is 0 Å². The van der Waals surface area contributed by atoms with Gasteiger partial charge in [-0.1, -0.05) is 42.3 Å². The maximum atomic E-state index is 12.6. The molecule has 28 heavy (non-hydrogen) atoms. The molecular weight excluding hydrogens is 392 g/mol. The summed E-state index contributed by atoms with van der Waals surface area (Å²) in [5.74, 6) is -1.31. The predicted octanol–water partition coefficient (Wildman–Crippen LogP) is 4.55. The largest absolute Gasteiger partial charge is 0.455 e. The summed E-state index contributed by atoms with van der Waals surface area (Å²) < 4.78 is 34.5. The van der Waals surface area contributed by atoms with Gasteiger partial charge in [0.05, 0.1) is 11.1 Å². The smallest absolute Gasteiger partial charge is 0.387 e. The van der Waals surface area contributed by atoms with E-state index in [2.05, 4.69) is 10.1 Å². The first-order chi connectivity index (χ1) is 13.4. The number of rotatable bonds is 7. The zero-order valence-corrected chi connectivity index (χ0v) is 15.5. The number of anilines is 1. The van der Waals surface area contributed by atoms with Gasteiger partial charge in [0.25, 0.3) is 5.91 Å². The van der Waals surface area contributed by atoms with Gasteiger partial charge in [-0.05, 0) is 42.7 Å². The maximum absolute atomic E-state index is 12.6. The molecule has 1 amide bonds. The lowest BCUT2D eigenvalue weighted by atomic mass is 9.64. The standard InChI is InChI=1S/C20H18ClF2NO4/c21-14-8-6-13(7-9-14)20(10-3-11-20)18(26)27-12-17(25)24-15-4-1-2-5-16(15)28-19(22)23/h1-2,4-9,19H,3,10-12H2,(H,24,25). The van der Waals surface area contributed by atoms with Gasteiger partial charge in [0, 0.05) is 5.02 Å². The van der Waals surface area contributed by atoms with Crippen molar-refractivity contribution in [1.82, 2.24) is 0 Å². The number of benzene rings is 2. The van der Waals surface area contributed by atoms with Crippen LogP contribution in [0.3, 0.4) is 0 Å². The number of hydrogen-bond acceptors (Lipinski definition) is 4. The van der Waals surface area contributed by atoms with Crippen LogP contribution in [0.15, 0.2) is 48.5 Å². The van der Waals surface area contributed by atoms with Crippen LogP contribution in [-0.4, -0.2) is 25.1 Å². The molecule has 0 radical (unpaired) electrons. The third-order valence-corrected chi connectivity index (χ3v) is 4.96. The Kier molecular flexibility index (Phi) is 6.14. The third-order valence-electron chi connectivity index (χ3n) is 4.71. The minimum atomic E-state index is -3.02. The van der Waals surface area contributed by atoms with E-state index in [-0.39, 0.29) is 11.4 Å². The molecule has 3 rings (SSSR count). The van der Waals surface area contributed by atoms with Gasteiger partial charge < -0.3 is 14.8 Å². The highest BCUT2D eigenvalue weighted by Gasteiger charge is 2.47. The van der Waals surface area contributed by atoms with Crippen molar-refractivity contribution < 1.29 is 27.8 Å². The fraction of sp³-hybridized carbons (Fsp3) is 0.300. The number of amides is 1. The fourth-order valence-corrected chi connectivity index (χ4v) is 3.26. The molecule has 8 heteroatoms. The molecule has 0 aromatic heterocycles. The third kappa shape index (κ3) is 4.42. The van der Waals surface area contributed by atoms with Crippen molar-refractivity contribution >= 4 is 29.2 Å². The second kappa shape index (κ2) is 8.56. The van der Waals surface area contributed by atoms with Crippen molar-refractivity contribution in [3.05, 3.63) is 59.1 Å². The second-order valence-electron chi connectivity index (χ2n) is 6.44. The Balaban J connectivity index is 1.61. The van der Waals surface area contributed by atoms with Crippen LogP contribution in [0.2, 0.25) is 5.02 Å². The van der Waals surface area contributed by atoms with Gasteiger partial charge in [0.2, 0.25) is 0 Å². The molecule has 1 fully saturated rings. The number of nitrogens with one attached hydrogen (secondary N) is 1.